The van der Waals surface area contributed by atoms with Crippen LogP contribution in [0, 0.1) is 0 Å². The molecule has 92 valence electrons. The summed E-state index contributed by atoms with van der Waals surface area (Å²) < 4.78 is 4.73. The van der Waals surface area contributed by atoms with Crippen molar-refractivity contribution < 1.29 is 14.3 Å². The summed E-state index contributed by atoms with van der Waals surface area (Å²) in [4.78, 5) is 25.2. The highest BCUT2D eigenvalue weighted by atomic mass is 16.5. The van der Waals surface area contributed by atoms with Crippen molar-refractivity contribution >= 4 is 11.9 Å². The van der Waals surface area contributed by atoms with Gasteiger partial charge in [0.25, 0.3) is 0 Å². The topological polar surface area (TPSA) is 58.6 Å². The Morgan fingerprint density at radius 2 is 2.12 bits per heavy atom. The second kappa shape index (κ2) is 5.84. The third-order valence-corrected chi connectivity index (χ3v) is 3.06. The zero-order valence-electron chi connectivity index (χ0n) is 10.2. The molecule has 1 amide bonds. The van der Waals surface area contributed by atoms with Gasteiger partial charge in [-0.2, -0.15) is 0 Å². The fraction of sp³-hybridized carbons (Fsp3) is 0.818. The minimum absolute atomic E-state index is 0.0300. The number of hydrogen-bond acceptors (Lipinski definition) is 4. The maximum Gasteiger partial charge on any atom is 0.328 e. The van der Waals surface area contributed by atoms with E-state index in [4.69, 9.17) is 4.74 Å². The summed E-state index contributed by atoms with van der Waals surface area (Å²) in [6, 6.07) is -0.660. The molecular formula is C11H20N2O3. The number of esters is 1. The van der Waals surface area contributed by atoms with Gasteiger partial charge in [-0.3, -0.25) is 4.79 Å². The van der Waals surface area contributed by atoms with E-state index in [1.54, 1.807) is 18.9 Å². The van der Waals surface area contributed by atoms with Crippen molar-refractivity contribution in [3.63, 3.8) is 0 Å². The van der Waals surface area contributed by atoms with Gasteiger partial charge in [0.1, 0.15) is 6.04 Å². The Hall–Kier alpha value is -1.10. The zero-order valence-corrected chi connectivity index (χ0v) is 10.2. The minimum Gasteiger partial charge on any atom is -0.467 e. The van der Waals surface area contributed by atoms with Crippen molar-refractivity contribution in [1.82, 2.24) is 10.2 Å². The van der Waals surface area contributed by atoms with E-state index < -0.39 is 6.04 Å². The summed E-state index contributed by atoms with van der Waals surface area (Å²) in [5.74, 6) is -0.339. The average molecular weight is 228 g/mol. The molecule has 0 radical (unpaired) electrons. The van der Waals surface area contributed by atoms with E-state index in [1.165, 1.54) is 7.11 Å². The number of nitrogens with zero attached hydrogens (tertiary/aromatic N) is 1. The number of hydrogen-bond donors (Lipinski definition) is 1. The first kappa shape index (κ1) is 13.0. The van der Waals surface area contributed by atoms with Crippen molar-refractivity contribution in [2.75, 3.05) is 20.7 Å². The quantitative estimate of drug-likeness (QED) is 0.698. The summed E-state index contributed by atoms with van der Waals surface area (Å²) in [5, 5.41) is 2.90. The highest BCUT2D eigenvalue weighted by Gasteiger charge is 2.34. The lowest BCUT2D eigenvalue weighted by Crippen LogP contribution is -2.53. The second-order valence-corrected chi connectivity index (χ2v) is 4.08. The molecule has 2 unspecified atom stereocenters. The monoisotopic (exact) mass is 228 g/mol. The molecule has 0 aliphatic carbocycles. The van der Waals surface area contributed by atoms with Gasteiger partial charge in [0.15, 0.2) is 0 Å². The van der Waals surface area contributed by atoms with Gasteiger partial charge in [-0.05, 0) is 33.2 Å². The molecule has 0 saturated carbocycles. The van der Waals surface area contributed by atoms with E-state index in [-0.39, 0.29) is 17.9 Å². The largest absolute Gasteiger partial charge is 0.467 e. The van der Waals surface area contributed by atoms with Gasteiger partial charge >= 0.3 is 5.97 Å². The maximum atomic E-state index is 12.0. The number of methoxy groups -OCH3 is 1. The summed E-state index contributed by atoms with van der Waals surface area (Å²) in [5.41, 5.74) is 0. The van der Waals surface area contributed by atoms with Crippen LogP contribution in [0.2, 0.25) is 0 Å². The smallest absolute Gasteiger partial charge is 0.328 e. The lowest BCUT2D eigenvalue weighted by atomic mass is 10.0. The number of likely N-dealkylation sites (tertiary alicyclic amines) is 1. The van der Waals surface area contributed by atoms with Crippen molar-refractivity contribution in [2.45, 2.75) is 38.3 Å². The molecular weight excluding hydrogens is 208 g/mol. The molecule has 1 aliphatic rings. The Bertz CT molecular complexity index is 268. The van der Waals surface area contributed by atoms with Gasteiger partial charge in [-0.1, -0.05) is 0 Å². The molecule has 5 nitrogen and oxygen atoms in total. The Morgan fingerprint density at radius 1 is 1.44 bits per heavy atom. The average Bonchev–Trinajstić information content (AvgIpc) is 2.35. The molecule has 1 saturated heterocycles. The van der Waals surface area contributed by atoms with Crippen LogP contribution in [0.3, 0.4) is 0 Å². The van der Waals surface area contributed by atoms with Gasteiger partial charge < -0.3 is 15.0 Å². The normalized spacial score (nSPS) is 22.7. The number of carbonyl (C=O) groups is 2. The third kappa shape index (κ3) is 2.72. The van der Waals surface area contributed by atoms with E-state index in [2.05, 4.69) is 5.32 Å². The Balaban J connectivity index is 2.73. The predicted octanol–water partition coefficient (Wildman–Crippen LogP) is 0.148. The van der Waals surface area contributed by atoms with Crippen LogP contribution in [-0.4, -0.2) is 49.6 Å². The predicted molar refractivity (Wildman–Crippen MR) is 59.9 cm³/mol. The summed E-state index contributed by atoms with van der Waals surface area (Å²) >= 11 is 0. The highest BCUT2D eigenvalue weighted by molar-refractivity contribution is 5.87. The first-order valence-electron chi connectivity index (χ1n) is 5.67. The van der Waals surface area contributed by atoms with Crippen LogP contribution in [-0.2, 0) is 14.3 Å². The Labute approximate surface area is 96.1 Å². The fourth-order valence-electron chi connectivity index (χ4n) is 1.95. The summed E-state index contributed by atoms with van der Waals surface area (Å²) in [6.07, 6.45) is 2.63. The number of ether oxygens (including phenoxy) is 1. The molecule has 2 atom stereocenters. The molecule has 0 aromatic rings. The van der Waals surface area contributed by atoms with E-state index in [0.29, 0.717) is 13.0 Å². The molecule has 1 rings (SSSR count). The van der Waals surface area contributed by atoms with Crippen LogP contribution in [0.25, 0.3) is 0 Å². The minimum atomic E-state index is -0.401. The first-order chi connectivity index (χ1) is 7.61. The SMILES string of the molecule is CNC(C)C(=O)N1CCCCC1C(=O)OC. The Kier molecular flexibility index (Phi) is 4.73. The van der Waals surface area contributed by atoms with Crippen molar-refractivity contribution in [3.05, 3.63) is 0 Å². The van der Waals surface area contributed by atoms with Crippen LogP contribution in [0.1, 0.15) is 26.2 Å². The standard InChI is InChI=1S/C11H20N2O3/c1-8(12-2)10(14)13-7-5-4-6-9(13)11(15)16-3/h8-9,12H,4-7H2,1-3H3. The van der Waals surface area contributed by atoms with Gasteiger partial charge in [0.05, 0.1) is 13.2 Å². The molecule has 5 heteroatoms. The highest BCUT2D eigenvalue weighted by Crippen LogP contribution is 2.18. The fourth-order valence-corrected chi connectivity index (χ4v) is 1.95. The summed E-state index contributed by atoms with van der Waals surface area (Å²) in [7, 11) is 3.10. The van der Waals surface area contributed by atoms with E-state index in [9.17, 15) is 9.59 Å². The van der Waals surface area contributed by atoms with Crippen LogP contribution in [0.15, 0.2) is 0 Å². The number of nitrogens with one attached hydrogen (secondary N) is 1. The van der Waals surface area contributed by atoms with Crippen molar-refractivity contribution in [3.8, 4) is 0 Å². The van der Waals surface area contributed by atoms with Gasteiger partial charge in [0, 0.05) is 6.54 Å². The van der Waals surface area contributed by atoms with E-state index in [1.807, 2.05) is 0 Å². The number of piperidine rings is 1. The molecule has 16 heavy (non-hydrogen) atoms. The number of rotatable bonds is 3. The lowest BCUT2D eigenvalue weighted by Gasteiger charge is -2.35. The molecule has 0 spiro atoms. The van der Waals surface area contributed by atoms with E-state index >= 15 is 0 Å². The van der Waals surface area contributed by atoms with E-state index in [0.717, 1.165) is 12.8 Å². The van der Waals surface area contributed by atoms with Crippen molar-refractivity contribution in [2.24, 2.45) is 0 Å². The third-order valence-electron chi connectivity index (χ3n) is 3.06. The van der Waals surface area contributed by atoms with Crippen LogP contribution in [0.4, 0.5) is 0 Å². The maximum absolute atomic E-state index is 12.0. The van der Waals surface area contributed by atoms with Gasteiger partial charge in [0.2, 0.25) is 5.91 Å². The van der Waals surface area contributed by atoms with Crippen LogP contribution < -0.4 is 5.32 Å². The number of amides is 1. The second-order valence-electron chi connectivity index (χ2n) is 4.08. The number of likely N-dealkylation sites (N-methyl/N-ethyl adjacent to an activating group) is 1. The molecule has 0 aromatic heterocycles. The Morgan fingerprint density at radius 3 is 2.69 bits per heavy atom. The molecule has 0 aromatic carbocycles. The zero-order chi connectivity index (χ0) is 12.1. The van der Waals surface area contributed by atoms with Crippen LogP contribution >= 0.6 is 0 Å². The molecule has 1 fully saturated rings. The van der Waals surface area contributed by atoms with Gasteiger partial charge in [-0.25, -0.2) is 4.79 Å². The lowest BCUT2D eigenvalue weighted by molar-refractivity contribution is -0.155. The molecule has 1 aliphatic heterocycles. The number of carbonyl (C=O) groups excluding carboxylic acids is 2. The molecule has 1 heterocycles. The van der Waals surface area contributed by atoms with Crippen molar-refractivity contribution in [1.29, 1.82) is 0 Å². The molecule has 1 N–H and O–H groups in total. The van der Waals surface area contributed by atoms with Crippen LogP contribution in [0.5, 0.6) is 0 Å². The van der Waals surface area contributed by atoms with Gasteiger partial charge in [-0.15, -0.1) is 0 Å². The first-order valence-corrected chi connectivity index (χ1v) is 5.67. The summed E-state index contributed by atoms with van der Waals surface area (Å²) in [6.45, 7) is 2.44. The molecule has 0 bridgehead atoms.